The Hall–Kier alpha value is -2.21. The number of carbonyl (C=O) groups is 2. The summed E-state index contributed by atoms with van der Waals surface area (Å²) >= 11 is 1.61. The van der Waals surface area contributed by atoms with Gasteiger partial charge in [0.1, 0.15) is 12.4 Å². The van der Waals surface area contributed by atoms with Crippen LogP contribution in [0.5, 0.6) is 0 Å². The van der Waals surface area contributed by atoms with Gasteiger partial charge in [0.15, 0.2) is 0 Å². The van der Waals surface area contributed by atoms with E-state index >= 15 is 0 Å². The maximum absolute atomic E-state index is 13.2. The number of nitrogens with zero attached hydrogens (tertiary/aromatic N) is 2. The van der Waals surface area contributed by atoms with Gasteiger partial charge in [-0.05, 0) is 55.0 Å². The Morgan fingerprint density at radius 3 is 2.29 bits per heavy atom. The average molecular weight is 405 g/mol. The number of benzene rings is 1. The van der Waals surface area contributed by atoms with Crippen molar-refractivity contribution in [3.8, 4) is 0 Å². The van der Waals surface area contributed by atoms with Crippen molar-refractivity contribution in [2.75, 3.05) is 6.54 Å². The van der Waals surface area contributed by atoms with Crippen molar-refractivity contribution in [3.63, 3.8) is 0 Å². The van der Waals surface area contributed by atoms with Gasteiger partial charge < -0.3 is 9.80 Å². The van der Waals surface area contributed by atoms with Gasteiger partial charge in [0.2, 0.25) is 11.8 Å². The molecule has 0 spiro atoms. The summed E-state index contributed by atoms with van der Waals surface area (Å²) in [5.74, 6) is -0.414. The molecule has 0 bridgehead atoms. The minimum atomic E-state index is -0.299. The monoisotopic (exact) mass is 404 g/mol. The Labute approximate surface area is 171 Å². The molecule has 0 saturated heterocycles. The summed E-state index contributed by atoms with van der Waals surface area (Å²) in [7, 11) is 0. The van der Waals surface area contributed by atoms with Crippen molar-refractivity contribution < 1.29 is 14.0 Å². The van der Waals surface area contributed by atoms with Crippen LogP contribution >= 0.6 is 11.3 Å². The van der Waals surface area contributed by atoms with Gasteiger partial charge in [-0.15, -0.1) is 11.3 Å². The van der Waals surface area contributed by atoms with Gasteiger partial charge in [0.25, 0.3) is 0 Å². The number of hydrogen-bond donors (Lipinski definition) is 0. The van der Waals surface area contributed by atoms with E-state index in [0.29, 0.717) is 19.5 Å². The number of hydrogen-bond acceptors (Lipinski definition) is 3. The molecule has 6 heteroatoms. The van der Waals surface area contributed by atoms with Gasteiger partial charge in [0.05, 0.1) is 6.54 Å². The number of aryl methyl sites for hydroxylation is 1. The Balaban J connectivity index is 2.22. The van der Waals surface area contributed by atoms with E-state index in [0.717, 1.165) is 22.4 Å². The summed E-state index contributed by atoms with van der Waals surface area (Å²) in [4.78, 5) is 30.1. The predicted molar refractivity (Wildman–Crippen MR) is 111 cm³/mol. The molecule has 152 valence electrons. The van der Waals surface area contributed by atoms with Crippen LogP contribution in [-0.4, -0.2) is 34.2 Å². The summed E-state index contributed by atoms with van der Waals surface area (Å²) in [5.41, 5.74) is 2.01. The number of rotatable bonds is 9. The zero-order valence-electron chi connectivity index (χ0n) is 17.1. The molecule has 0 saturated carbocycles. The van der Waals surface area contributed by atoms with E-state index in [2.05, 4.69) is 0 Å². The molecule has 28 heavy (non-hydrogen) atoms. The van der Waals surface area contributed by atoms with Crippen LogP contribution in [0.2, 0.25) is 0 Å². The van der Waals surface area contributed by atoms with E-state index in [1.165, 1.54) is 12.1 Å². The van der Waals surface area contributed by atoms with Crippen molar-refractivity contribution in [2.24, 2.45) is 0 Å². The molecular weight excluding hydrogens is 375 g/mol. The highest BCUT2D eigenvalue weighted by Gasteiger charge is 2.24. The molecule has 4 nitrogen and oxygen atoms in total. The van der Waals surface area contributed by atoms with Crippen molar-refractivity contribution in [1.29, 1.82) is 0 Å². The van der Waals surface area contributed by atoms with E-state index in [4.69, 9.17) is 0 Å². The minimum absolute atomic E-state index is 0.00699. The maximum Gasteiger partial charge on any atom is 0.242 e. The van der Waals surface area contributed by atoms with E-state index < -0.39 is 0 Å². The first-order valence-electron chi connectivity index (χ1n) is 9.70. The fourth-order valence-electron chi connectivity index (χ4n) is 2.94. The smallest absolute Gasteiger partial charge is 0.242 e. The minimum Gasteiger partial charge on any atom is -0.332 e. The number of thiophene rings is 1. The quantitative estimate of drug-likeness (QED) is 0.604. The summed E-state index contributed by atoms with van der Waals surface area (Å²) in [6, 6.07) is 8.24. The standard InChI is InChI=1S/C22H29FN2O2S/c1-5-17(4)25(21(26)6-2)15-22(27)24(14-20-16(3)11-12-28-20)13-18-7-9-19(23)10-8-18/h7-12,17H,5-6,13-15H2,1-4H3. The van der Waals surface area contributed by atoms with Crippen LogP contribution in [0, 0.1) is 12.7 Å². The molecule has 2 amide bonds. The zero-order chi connectivity index (χ0) is 20.7. The van der Waals surface area contributed by atoms with E-state index in [-0.39, 0.29) is 30.2 Å². The van der Waals surface area contributed by atoms with E-state index in [1.54, 1.807) is 33.3 Å². The van der Waals surface area contributed by atoms with Crippen LogP contribution in [0.15, 0.2) is 35.7 Å². The molecule has 0 aliphatic carbocycles. The van der Waals surface area contributed by atoms with Gasteiger partial charge in [0, 0.05) is 23.9 Å². The molecule has 2 rings (SSSR count). The molecular formula is C22H29FN2O2S. The maximum atomic E-state index is 13.2. The molecule has 1 aromatic heterocycles. The number of carbonyl (C=O) groups excluding carboxylic acids is 2. The third kappa shape index (κ3) is 5.89. The summed E-state index contributed by atoms with van der Waals surface area (Å²) < 4.78 is 13.2. The van der Waals surface area contributed by atoms with Crippen LogP contribution in [0.3, 0.4) is 0 Å². The highest BCUT2D eigenvalue weighted by atomic mass is 32.1. The first-order chi connectivity index (χ1) is 13.3. The lowest BCUT2D eigenvalue weighted by atomic mass is 10.1. The molecule has 1 heterocycles. The number of halogens is 1. The van der Waals surface area contributed by atoms with Gasteiger partial charge in [-0.2, -0.15) is 0 Å². The normalized spacial score (nSPS) is 11.9. The van der Waals surface area contributed by atoms with Crippen LogP contribution in [0.1, 0.15) is 49.6 Å². The molecule has 1 unspecified atom stereocenters. The molecule has 0 aliphatic rings. The van der Waals surface area contributed by atoms with Crippen LogP contribution in [0.4, 0.5) is 4.39 Å². The molecule has 1 aromatic carbocycles. The Bertz CT molecular complexity index is 788. The molecule has 0 fully saturated rings. The number of amides is 2. The second kappa shape index (κ2) is 10.4. The SMILES string of the molecule is CCC(=O)N(CC(=O)N(Cc1ccc(F)cc1)Cc1sccc1C)C(C)CC. The second-order valence-electron chi connectivity index (χ2n) is 7.04. The lowest BCUT2D eigenvalue weighted by molar-refractivity contribution is -0.142. The third-order valence-electron chi connectivity index (χ3n) is 4.99. The summed E-state index contributed by atoms with van der Waals surface area (Å²) in [6.07, 6.45) is 1.17. The molecule has 2 aromatic rings. The largest absolute Gasteiger partial charge is 0.332 e. The van der Waals surface area contributed by atoms with E-state index in [9.17, 15) is 14.0 Å². The molecule has 0 aliphatic heterocycles. The Kier molecular flexibility index (Phi) is 8.18. The first kappa shape index (κ1) is 22.1. The molecule has 0 radical (unpaired) electrons. The van der Waals surface area contributed by atoms with Crippen LogP contribution in [-0.2, 0) is 22.7 Å². The van der Waals surface area contributed by atoms with Gasteiger partial charge in [-0.1, -0.05) is 26.0 Å². The lowest BCUT2D eigenvalue weighted by Crippen LogP contribution is -2.46. The third-order valence-corrected chi connectivity index (χ3v) is 6.00. The summed E-state index contributed by atoms with van der Waals surface area (Å²) in [5, 5.41) is 2.01. The lowest BCUT2D eigenvalue weighted by Gasteiger charge is -2.31. The van der Waals surface area contributed by atoms with Gasteiger partial charge >= 0.3 is 0 Å². The van der Waals surface area contributed by atoms with Crippen molar-refractivity contribution >= 4 is 23.2 Å². The zero-order valence-corrected chi connectivity index (χ0v) is 17.9. The van der Waals surface area contributed by atoms with Gasteiger partial charge in [-0.25, -0.2) is 4.39 Å². The van der Waals surface area contributed by atoms with Gasteiger partial charge in [-0.3, -0.25) is 9.59 Å². The fourth-order valence-corrected chi connectivity index (χ4v) is 3.86. The fraction of sp³-hybridized carbons (Fsp3) is 0.455. The van der Waals surface area contributed by atoms with Crippen molar-refractivity contribution in [3.05, 3.63) is 57.5 Å². The highest BCUT2D eigenvalue weighted by Crippen LogP contribution is 2.20. The van der Waals surface area contributed by atoms with Crippen molar-refractivity contribution in [2.45, 2.75) is 59.7 Å². The van der Waals surface area contributed by atoms with Crippen LogP contribution < -0.4 is 0 Å². The van der Waals surface area contributed by atoms with Crippen molar-refractivity contribution in [1.82, 2.24) is 9.80 Å². The molecule has 1 atom stereocenters. The average Bonchev–Trinajstić information content (AvgIpc) is 3.10. The Morgan fingerprint density at radius 2 is 1.75 bits per heavy atom. The predicted octanol–water partition coefficient (Wildman–Crippen LogP) is 4.76. The topological polar surface area (TPSA) is 40.6 Å². The summed E-state index contributed by atoms with van der Waals surface area (Å²) in [6.45, 7) is 8.74. The second-order valence-corrected chi connectivity index (χ2v) is 8.04. The molecule has 0 N–H and O–H groups in total. The Morgan fingerprint density at radius 1 is 1.07 bits per heavy atom. The first-order valence-corrected chi connectivity index (χ1v) is 10.6. The highest BCUT2D eigenvalue weighted by molar-refractivity contribution is 7.10. The van der Waals surface area contributed by atoms with E-state index in [1.807, 2.05) is 39.1 Å². The van der Waals surface area contributed by atoms with Crippen LogP contribution in [0.25, 0.3) is 0 Å².